The van der Waals surface area contributed by atoms with E-state index < -0.39 is 0 Å². The van der Waals surface area contributed by atoms with Gasteiger partial charge in [-0.3, -0.25) is 4.79 Å². The predicted octanol–water partition coefficient (Wildman–Crippen LogP) is 3.27. The maximum absolute atomic E-state index is 12.5. The number of hydrogen-bond acceptors (Lipinski definition) is 3. The molecular formula is C15H18N2O2. The van der Waals surface area contributed by atoms with Crippen LogP contribution in [0, 0.1) is 20.8 Å². The second-order valence-corrected chi connectivity index (χ2v) is 4.54. The summed E-state index contributed by atoms with van der Waals surface area (Å²) in [5.74, 6) is 0.688. The lowest BCUT2D eigenvalue weighted by atomic mass is 10.2. The third-order valence-electron chi connectivity index (χ3n) is 2.97. The van der Waals surface area contributed by atoms with Gasteiger partial charge in [0.05, 0.1) is 5.69 Å². The van der Waals surface area contributed by atoms with Crippen LogP contribution in [0.4, 0.5) is 5.69 Å². The molecule has 1 amide bonds. The molecule has 0 spiro atoms. The summed E-state index contributed by atoms with van der Waals surface area (Å²) in [6.07, 6.45) is 0. The summed E-state index contributed by atoms with van der Waals surface area (Å²) in [4.78, 5) is 18.4. The lowest BCUT2D eigenvalue weighted by Gasteiger charge is -2.20. The minimum atomic E-state index is -0.147. The molecule has 0 bridgehead atoms. The van der Waals surface area contributed by atoms with Crippen LogP contribution in [-0.4, -0.2) is 17.4 Å². The zero-order valence-electron chi connectivity index (χ0n) is 11.7. The number of aryl methyl sites for hydroxylation is 3. The summed E-state index contributed by atoms with van der Waals surface area (Å²) in [7, 11) is 0. The van der Waals surface area contributed by atoms with Crippen molar-refractivity contribution in [3.05, 3.63) is 47.2 Å². The first-order valence-corrected chi connectivity index (χ1v) is 6.35. The zero-order valence-corrected chi connectivity index (χ0v) is 11.7. The second kappa shape index (κ2) is 5.26. The van der Waals surface area contributed by atoms with Crippen molar-refractivity contribution in [2.75, 3.05) is 11.4 Å². The Hall–Kier alpha value is -2.10. The zero-order chi connectivity index (χ0) is 14.0. The molecule has 0 saturated carbocycles. The summed E-state index contributed by atoms with van der Waals surface area (Å²) in [6.45, 7) is 8.06. The van der Waals surface area contributed by atoms with Crippen LogP contribution >= 0.6 is 0 Å². The smallest absolute Gasteiger partial charge is 0.295 e. The molecule has 0 aliphatic heterocycles. The molecule has 1 heterocycles. The molecule has 0 atom stereocenters. The molecule has 2 rings (SSSR count). The molecule has 1 aromatic heterocycles. The highest BCUT2D eigenvalue weighted by atomic mass is 16.4. The number of aromatic nitrogens is 1. The second-order valence-electron chi connectivity index (χ2n) is 4.54. The lowest BCUT2D eigenvalue weighted by Crippen LogP contribution is -2.30. The Morgan fingerprint density at radius 3 is 2.58 bits per heavy atom. The van der Waals surface area contributed by atoms with Crippen LogP contribution in [0.2, 0.25) is 0 Å². The first-order chi connectivity index (χ1) is 9.02. The van der Waals surface area contributed by atoms with Crippen molar-refractivity contribution < 1.29 is 9.21 Å². The third-order valence-corrected chi connectivity index (χ3v) is 2.97. The summed E-state index contributed by atoms with van der Waals surface area (Å²) in [5, 5.41) is 0. The molecule has 4 nitrogen and oxygen atoms in total. The van der Waals surface area contributed by atoms with E-state index in [4.69, 9.17) is 4.42 Å². The number of anilines is 1. The fraction of sp³-hybridized carbons (Fsp3) is 0.333. The van der Waals surface area contributed by atoms with E-state index in [1.165, 1.54) is 0 Å². The van der Waals surface area contributed by atoms with Crippen LogP contribution < -0.4 is 4.90 Å². The van der Waals surface area contributed by atoms with Gasteiger partial charge in [0.2, 0.25) is 5.76 Å². The Morgan fingerprint density at radius 1 is 1.32 bits per heavy atom. The van der Waals surface area contributed by atoms with Gasteiger partial charge in [-0.25, -0.2) is 4.98 Å². The van der Waals surface area contributed by atoms with Crippen molar-refractivity contribution >= 4 is 11.6 Å². The number of carbonyl (C=O) groups excluding carboxylic acids is 1. The van der Waals surface area contributed by atoms with E-state index in [0.29, 0.717) is 23.9 Å². The van der Waals surface area contributed by atoms with Gasteiger partial charge in [0.1, 0.15) is 0 Å². The van der Waals surface area contributed by atoms with Gasteiger partial charge in [0, 0.05) is 19.2 Å². The van der Waals surface area contributed by atoms with E-state index >= 15 is 0 Å². The summed E-state index contributed by atoms with van der Waals surface area (Å²) < 4.78 is 5.41. The third kappa shape index (κ3) is 2.67. The molecule has 0 unspecified atom stereocenters. The average Bonchev–Trinajstić information content (AvgIpc) is 2.69. The van der Waals surface area contributed by atoms with E-state index in [1.807, 2.05) is 38.1 Å². The molecule has 19 heavy (non-hydrogen) atoms. The largest absolute Gasteiger partial charge is 0.436 e. The average molecular weight is 258 g/mol. The van der Waals surface area contributed by atoms with Crippen LogP contribution in [0.1, 0.15) is 34.6 Å². The molecule has 0 aliphatic rings. The lowest BCUT2D eigenvalue weighted by molar-refractivity contribution is 0.0959. The molecule has 1 aromatic carbocycles. The summed E-state index contributed by atoms with van der Waals surface area (Å²) in [5.41, 5.74) is 2.63. The molecule has 0 radical (unpaired) electrons. The maximum Gasteiger partial charge on any atom is 0.295 e. The Balaban J connectivity index is 2.37. The maximum atomic E-state index is 12.5. The number of oxazole rings is 1. The van der Waals surface area contributed by atoms with Crippen molar-refractivity contribution in [3.8, 4) is 0 Å². The van der Waals surface area contributed by atoms with Crippen LogP contribution in [0.5, 0.6) is 0 Å². The van der Waals surface area contributed by atoms with Gasteiger partial charge in [-0.2, -0.15) is 0 Å². The topological polar surface area (TPSA) is 46.3 Å². The first-order valence-electron chi connectivity index (χ1n) is 6.35. The monoisotopic (exact) mass is 258 g/mol. The number of carbonyl (C=O) groups is 1. The number of hydrogen-bond donors (Lipinski definition) is 0. The Morgan fingerprint density at radius 2 is 2.05 bits per heavy atom. The van der Waals surface area contributed by atoms with Crippen molar-refractivity contribution in [1.29, 1.82) is 0 Å². The standard InChI is InChI=1S/C15H18N2O2/c1-5-17(13-8-6-7-10(2)9-13)15(18)14-11(3)16-12(4)19-14/h6-9H,5H2,1-4H3. The summed E-state index contributed by atoms with van der Waals surface area (Å²) in [6, 6.07) is 7.86. The first kappa shape index (κ1) is 13.3. The summed E-state index contributed by atoms with van der Waals surface area (Å²) >= 11 is 0. The molecule has 4 heteroatoms. The normalized spacial score (nSPS) is 10.5. The Labute approximate surface area is 113 Å². The minimum absolute atomic E-state index is 0.147. The predicted molar refractivity (Wildman–Crippen MR) is 74.5 cm³/mol. The Bertz CT molecular complexity index is 602. The molecule has 0 N–H and O–H groups in total. The highest BCUT2D eigenvalue weighted by molar-refractivity contribution is 6.04. The van der Waals surface area contributed by atoms with Crippen molar-refractivity contribution in [2.24, 2.45) is 0 Å². The molecule has 100 valence electrons. The molecule has 0 fully saturated rings. The van der Waals surface area contributed by atoms with E-state index in [2.05, 4.69) is 4.98 Å². The van der Waals surface area contributed by atoms with E-state index in [-0.39, 0.29) is 5.91 Å². The Kier molecular flexibility index (Phi) is 3.69. The van der Waals surface area contributed by atoms with Gasteiger partial charge < -0.3 is 9.32 Å². The van der Waals surface area contributed by atoms with Gasteiger partial charge in [-0.1, -0.05) is 12.1 Å². The van der Waals surface area contributed by atoms with Crippen molar-refractivity contribution in [3.63, 3.8) is 0 Å². The van der Waals surface area contributed by atoms with E-state index in [0.717, 1.165) is 11.3 Å². The highest BCUT2D eigenvalue weighted by Gasteiger charge is 2.22. The van der Waals surface area contributed by atoms with Gasteiger partial charge in [-0.05, 0) is 38.5 Å². The SMILES string of the molecule is CCN(C(=O)c1oc(C)nc1C)c1cccc(C)c1. The molecule has 2 aromatic rings. The van der Waals surface area contributed by atoms with Crippen molar-refractivity contribution in [2.45, 2.75) is 27.7 Å². The number of amides is 1. The molecule has 0 aliphatic carbocycles. The quantitative estimate of drug-likeness (QED) is 0.848. The number of nitrogens with zero attached hydrogens (tertiary/aromatic N) is 2. The number of rotatable bonds is 3. The van der Waals surface area contributed by atoms with Crippen LogP contribution in [0.25, 0.3) is 0 Å². The van der Waals surface area contributed by atoms with E-state index in [1.54, 1.807) is 18.7 Å². The van der Waals surface area contributed by atoms with Crippen LogP contribution in [0.15, 0.2) is 28.7 Å². The molecular weight excluding hydrogens is 240 g/mol. The fourth-order valence-corrected chi connectivity index (χ4v) is 2.09. The van der Waals surface area contributed by atoms with Gasteiger partial charge in [0.15, 0.2) is 5.89 Å². The van der Waals surface area contributed by atoms with E-state index in [9.17, 15) is 4.79 Å². The number of benzene rings is 1. The van der Waals surface area contributed by atoms with Crippen molar-refractivity contribution in [1.82, 2.24) is 4.98 Å². The van der Waals surface area contributed by atoms with Gasteiger partial charge >= 0.3 is 0 Å². The minimum Gasteiger partial charge on any atom is -0.436 e. The fourth-order valence-electron chi connectivity index (χ4n) is 2.09. The van der Waals surface area contributed by atoms with Crippen LogP contribution in [0.3, 0.4) is 0 Å². The highest BCUT2D eigenvalue weighted by Crippen LogP contribution is 2.20. The van der Waals surface area contributed by atoms with Gasteiger partial charge in [0.25, 0.3) is 5.91 Å². The van der Waals surface area contributed by atoms with Gasteiger partial charge in [-0.15, -0.1) is 0 Å². The molecule has 0 saturated heterocycles. The van der Waals surface area contributed by atoms with Crippen LogP contribution in [-0.2, 0) is 0 Å².